The smallest absolute Gasteiger partial charge is 0.337 e. The van der Waals surface area contributed by atoms with E-state index in [1.54, 1.807) is 6.07 Å². The van der Waals surface area contributed by atoms with Gasteiger partial charge in [0.15, 0.2) is 5.69 Å². The third-order valence-corrected chi connectivity index (χ3v) is 4.73. The highest BCUT2D eigenvalue weighted by atomic mass is 32.2. The Morgan fingerprint density at radius 2 is 2.00 bits per heavy atom. The molecule has 0 aliphatic heterocycles. The summed E-state index contributed by atoms with van der Waals surface area (Å²) in [6.45, 7) is 1.17. The number of hydrogen-bond donors (Lipinski definition) is 4. The largest absolute Gasteiger partial charge is 0.493 e. The van der Waals surface area contributed by atoms with Gasteiger partial charge in [-0.3, -0.25) is 13.9 Å². The number of pyridine rings is 1. The summed E-state index contributed by atoms with van der Waals surface area (Å²) in [6.07, 6.45) is 0. The lowest BCUT2D eigenvalue weighted by Crippen LogP contribution is -2.25. The Morgan fingerprint density at radius 1 is 1.34 bits per heavy atom. The number of benzene rings is 1. The van der Waals surface area contributed by atoms with Crippen molar-refractivity contribution in [1.82, 2.24) is 4.57 Å². The molecule has 12 nitrogen and oxygen atoms in total. The molecule has 5 N–H and O–H groups in total. The Morgan fingerprint density at radius 3 is 2.52 bits per heavy atom. The van der Waals surface area contributed by atoms with Crippen molar-refractivity contribution in [3.05, 3.63) is 45.2 Å². The van der Waals surface area contributed by atoms with Crippen molar-refractivity contribution in [3.8, 4) is 11.9 Å². The third kappa shape index (κ3) is 4.29. The monoisotopic (exact) mass is 421 g/mol. The quantitative estimate of drug-likeness (QED) is 0.387. The average molecular weight is 421 g/mol. The minimum absolute atomic E-state index is 0.0187. The number of aromatic carboxylic acids is 1. The van der Waals surface area contributed by atoms with E-state index in [1.807, 2.05) is 0 Å². The molecule has 0 aliphatic rings. The highest BCUT2D eigenvalue weighted by molar-refractivity contribution is 7.85. The van der Waals surface area contributed by atoms with Gasteiger partial charge >= 0.3 is 5.97 Å². The van der Waals surface area contributed by atoms with Crippen LogP contribution in [0.15, 0.2) is 38.1 Å². The molecular formula is C16H15N5O7S. The van der Waals surface area contributed by atoms with Gasteiger partial charge in [0.1, 0.15) is 17.3 Å². The van der Waals surface area contributed by atoms with Crippen molar-refractivity contribution in [2.75, 3.05) is 6.54 Å². The van der Waals surface area contributed by atoms with Crippen molar-refractivity contribution in [3.63, 3.8) is 0 Å². The zero-order valence-electron chi connectivity index (χ0n) is 14.9. The van der Waals surface area contributed by atoms with Crippen LogP contribution in [0.3, 0.4) is 0 Å². The molecule has 0 radical (unpaired) electrons. The molecule has 1 aromatic carbocycles. The number of nitriles is 1. The van der Waals surface area contributed by atoms with Crippen LogP contribution in [0.25, 0.3) is 0 Å². The van der Waals surface area contributed by atoms with Gasteiger partial charge in [0.05, 0.1) is 10.5 Å². The van der Waals surface area contributed by atoms with E-state index in [9.17, 15) is 33.5 Å². The van der Waals surface area contributed by atoms with Crippen molar-refractivity contribution in [2.24, 2.45) is 16.0 Å². The van der Waals surface area contributed by atoms with Crippen molar-refractivity contribution >= 4 is 27.5 Å². The van der Waals surface area contributed by atoms with E-state index in [0.717, 1.165) is 22.8 Å². The standard InChI is InChI=1S/C16H15N5O7S/c1-8-11(7-18)14(22)21(5-4-17)15(23)13(8)20-19-12-6-9(29(26,27)28)2-3-10(12)16(24)25/h2-3,6,22H,4-5,17H2,1H3,(H,24,25)(H,26,27,28). The molecular weight excluding hydrogens is 406 g/mol. The number of nitrogens with zero attached hydrogens (tertiary/aromatic N) is 4. The summed E-state index contributed by atoms with van der Waals surface area (Å²) < 4.78 is 32.5. The van der Waals surface area contributed by atoms with Crippen LogP contribution in [0.4, 0.5) is 11.4 Å². The molecule has 0 saturated heterocycles. The first kappa shape index (κ1) is 21.7. The molecule has 1 aromatic heterocycles. The Labute approximate surface area is 163 Å². The second-order valence-electron chi connectivity index (χ2n) is 5.69. The molecule has 0 amide bonds. The molecule has 13 heteroatoms. The van der Waals surface area contributed by atoms with Crippen molar-refractivity contribution < 1.29 is 28.0 Å². The third-order valence-electron chi connectivity index (χ3n) is 3.88. The topological polar surface area (TPSA) is 208 Å². The maximum atomic E-state index is 12.6. The summed E-state index contributed by atoms with van der Waals surface area (Å²) in [5, 5.41) is 35.9. The highest BCUT2D eigenvalue weighted by Crippen LogP contribution is 2.29. The summed E-state index contributed by atoms with van der Waals surface area (Å²) in [5.41, 5.74) is 3.02. The SMILES string of the molecule is Cc1c(C#N)c(O)n(CCN)c(=O)c1N=Nc1cc(S(=O)(=O)O)ccc1C(=O)O. The summed E-state index contributed by atoms with van der Waals surface area (Å²) in [7, 11) is -4.65. The minimum atomic E-state index is -4.65. The fourth-order valence-electron chi connectivity index (χ4n) is 2.43. The lowest BCUT2D eigenvalue weighted by atomic mass is 10.1. The van der Waals surface area contributed by atoms with Crippen molar-refractivity contribution in [2.45, 2.75) is 18.4 Å². The van der Waals surface area contributed by atoms with E-state index in [1.165, 1.54) is 6.92 Å². The first-order valence-corrected chi connectivity index (χ1v) is 9.30. The van der Waals surface area contributed by atoms with Crippen molar-refractivity contribution in [1.29, 1.82) is 5.26 Å². The molecule has 0 bridgehead atoms. The van der Waals surface area contributed by atoms with Gasteiger partial charge < -0.3 is 15.9 Å². The van der Waals surface area contributed by atoms with Gasteiger partial charge in [-0.2, -0.15) is 13.7 Å². The second kappa shape index (κ2) is 8.19. The lowest BCUT2D eigenvalue weighted by molar-refractivity contribution is 0.0697. The molecule has 2 rings (SSSR count). The van der Waals surface area contributed by atoms with Crippen LogP contribution in [0.1, 0.15) is 21.5 Å². The summed E-state index contributed by atoms with van der Waals surface area (Å²) in [4.78, 5) is 23.3. The maximum Gasteiger partial charge on any atom is 0.337 e. The van der Waals surface area contributed by atoms with Gasteiger partial charge in [0.25, 0.3) is 15.7 Å². The zero-order valence-corrected chi connectivity index (χ0v) is 15.7. The molecule has 2 aromatic rings. The number of azo groups is 1. The van der Waals surface area contributed by atoms with E-state index in [2.05, 4.69) is 10.2 Å². The van der Waals surface area contributed by atoms with E-state index >= 15 is 0 Å². The number of aromatic nitrogens is 1. The Balaban J connectivity index is 2.75. The van der Waals surface area contributed by atoms with Crippen LogP contribution < -0.4 is 11.3 Å². The van der Waals surface area contributed by atoms with Crippen LogP contribution in [0, 0.1) is 18.3 Å². The molecule has 0 atom stereocenters. The Hall–Kier alpha value is -3.60. The number of carboxylic acid groups (broad SMARTS) is 1. The fraction of sp³-hybridized carbons (Fsp3) is 0.188. The normalized spacial score (nSPS) is 11.5. The van der Waals surface area contributed by atoms with Crippen LogP contribution >= 0.6 is 0 Å². The predicted molar refractivity (Wildman–Crippen MR) is 98.3 cm³/mol. The van der Waals surface area contributed by atoms with Crippen LogP contribution in [-0.2, 0) is 16.7 Å². The number of aromatic hydroxyl groups is 1. The zero-order chi connectivity index (χ0) is 21.9. The first-order valence-electron chi connectivity index (χ1n) is 7.86. The highest BCUT2D eigenvalue weighted by Gasteiger charge is 2.20. The van der Waals surface area contributed by atoms with E-state index in [-0.39, 0.29) is 29.9 Å². The van der Waals surface area contributed by atoms with E-state index in [4.69, 9.17) is 10.3 Å². The molecule has 0 spiro atoms. The predicted octanol–water partition coefficient (Wildman–Crippen LogP) is 1.05. The molecule has 0 unspecified atom stereocenters. The van der Waals surface area contributed by atoms with E-state index in [0.29, 0.717) is 0 Å². The van der Waals surface area contributed by atoms with Gasteiger partial charge in [-0.05, 0) is 25.1 Å². The van der Waals surface area contributed by atoms with Gasteiger partial charge in [0.2, 0.25) is 5.88 Å². The second-order valence-corrected chi connectivity index (χ2v) is 7.11. The van der Waals surface area contributed by atoms with Crippen LogP contribution in [-0.4, -0.2) is 40.3 Å². The molecule has 0 fully saturated rings. The first-order chi connectivity index (χ1) is 13.5. The number of hydrogen-bond acceptors (Lipinski definition) is 9. The average Bonchev–Trinajstić information content (AvgIpc) is 2.64. The van der Waals surface area contributed by atoms with Gasteiger partial charge in [-0.15, -0.1) is 10.2 Å². The summed E-state index contributed by atoms with van der Waals surface area (Å²) >= 11 is 0. The van der Waals surface area contributed by atoms with Gasteiger partial charge in [-0.1, -0.05) is 0 Å². The fourth-order valence-corrected chi connectivity index (χ4v) is 2.93. The number of rotatable bonds is 6. The summed E-state index contributed by atoms with van der Waals surface area (Å²) in [6, 6.07) is 4.26. The van der Waals surface area contributed by atoms with Gasteiger partial charge in [0, 0.05) is 18.7 Å². The maximum absolute atomic E-state index is 12.6. The molecule has 29 heavy (non-hydrogen) atoms. The summed E-state index contributed by atoms with van der Waals surface area (Å²) in [5.74, 6) is -2.06. The van der Waals surface area contributed by atoms with Crippen LogP contribution in [0.2, 0.25) is 0 Å². The van der Waals surface area contributed by atoms with Gasteiger partial charge in [-0.25, -0.2) is 4.79 Å². The van der Waals surface area contributed by atoms with E-state index < -0.39 is 43.7 Å². The number of carbonyl (C=O) groups is 1. The Kier molecular flexibility index (Phi) is 6.12. The molecule has 1 heterocycles. The molecule has 0 saturated carbocycles. The minimum Gasteiger partial charge on any atom is -0.493 e. The number of nitrogens with two attached hydrogens (primary N) is 1. The lowest BCUT2D eigenvalue weighted by Gasteiger charge is -2.12. The molecule has 0 aliphatic carbocycles. The Bertz CT molecular complexity index is 1230. The van der Waals surface area contributed by atoms with Crippen LogP contribution in [0.5, 0.6) is 5.88 Å². The molecule has 152 valence electrons. The number of carboxylic acids is 1.